The third-order valence-electron chi connectivity index (χ3n) is 2.91. The first-order chi connectivity index (χ1) is 9.09. The summed E-state index contributed by atoms with van der Waals surface area (Å²) in [5, 5.41) is 7.00. The number of ether oxygens (including phenoxy) is 1. The highest BCUT2D eigenvalue weighted by molar-refractivity contribution is 7.91. The first-order valence-corrected chi connectivity index (χ1v) is 8.24. The normalized spacial score (nSPS) is 22.5. The van der Waals surface area contributed by atoms with Crippen molar-refractivity contribution in [3.63, 3.8) is 0 Å². The number of nitrogens with zero attached hydrogens (tertiary/aromatic N) is 2. The third kappa shape index (κ3) is 4.55. The SMILES string of the molecule is CCOCCc1noc(CC2CS(=O)(=O)CCN2)n1. The van der Waals surface area contributed by atoms with Crippen molar-refractivity contribution in [2.75, 3.05) is 31.3 Å². The Labute approximate surface area is 112 Å². The molecular weight excluding hydrogens is 270 g/mol. The van der Waals surface area contributed by atoms with Crippen molar-refractivity contribution in [3.8, 4) is 0 Å². The summed E-state index contributed by atoms with van der Waals surface area (Å²) in [6, 6.07) is -0.140. The molecule has 108 valence electrons. The molecule has 0 radical (unpaired) electrons. The highest BCUT2D eigenvalue weighted by Gasteiger charge is 2.25. The molecule has 7 nitrogen and oxygen atoms in total. The second kappa shape index (κ2) is 6.44. The lowest BCUT2D eigenvalue weighted by atomic mass is 10.2. The van der Waals surface area contributed by atoms with Gasteiger partial charge < -0.3 is 14.6 Å². The van der Waals surface area contributed by atoms with E-state index in [9.17, 15) is 8.42 Å². The molecule has 0 amide bonds. The minimum absolute atomic E-state index is 0.129. The molecule has 0 saturated carbocycles. The van der Waals surface area contributed by atoms with Gasteiger partial charge >= 0.3 is 0 Å². The second-order valence-electron chi connectivity index (χ2n) is 4.52. The van der Waals surface area contributed by atoms with Crippen molar-refractivity contribution in [1.29, 1.82) is 0 Å². The van der Waals surface area contributed by atoms with Crippen LogP contribution in [-0.2, 0) is 27.4 Å². The standard InChI is InChI=1S/C11H19N3O4S/c1-2-17-5-3-10-13-11(18-14-10)7-9-8-19(15,16)6-4-12-9/h9,12H,2-8H2,1H3. The average molecular weight is 289 g/mol. The fraction of sp³-hybridized carbons (Fsp3) is 0.818. The molecule has 1 aliphatic heterocycles. The van der Waals surface area contributed by atoms with Gasteiger partial charge in [0.25, 0.3) is 0 Å². The first-order valence-electron chi connectivity index (χ1n) is 6.42. The molecule has 1 fully saturated rings. The molecule has 0 aromatic carbocycles. The molecule has 1 unspecified atom stereocenters. The number of hydrogen-bond donors (Lipinski definition) is 1. The van der Waals surface area contributed by atoms with Gasteiger partial charge in [-0.25, -0.2) is 8.42 Å². The lowest BCUT2D eigenvalue weighted by Crippen LogP contribution is -2.46. The molecule has 1 aromatic heterocycles. The molecule has 1 atom stereocenters. The van der Waals surface area contributed by atoms with Crippen LogP contribution in [0.1, 0.15) is 18.6 Å². The van der Waals surface area contributed by atoms with Gasteiger partial charge in [0.15, 0.2) is 15.7 Å². The zero-order valence-electron chi connectivity index (χ0n) is 11.0. The van der Waals surface area contributed by atoms with Crippen LogP contribution in [0.3, 0.4) is 0 Å². The van der Waals surface area contributed by atoms with Crippen molar-refractivity contribution in [2.24, 2.45) is 0 Å². The van der Waals surface area contributed by atoms with Gasteiger partial charge in [-0.15, -0.1) is 0 Å². The Balaban J connectivity index is 1.85. The van der Waals surface area contributed by atoms with Crippen LogP contribution in [0.4, 0.5) is 0 Å². The molecule has 2 heterocycles. The van der Waals surface area contributed by atoms with E-state index < -0.39 is 9.84 Å². The monoisotopic (exact) mass is 289 g/mol. The van der Waals surface area contributed by atoms with Crippen LogP contribution in [0.25, 0.3) is 0 Å². The molecule has 0 spiro atoms. The molecule has 0 aliphatic carbocycles. The van der Waals surface area contributed by atoms with Crippen LogP contribution in [0.15, 0.2) is 4.52 Å². The summed E-state index contributed by atoms with van der Waals surface area (Å²) in [4.78, 5) is 4.23. The Morgan fingerprint density at radius 1 is 1.53 bits per heavy atom. The van der Waals surface area contributed by atoms with Gasteiger partial charge in [0.2, 0.25) is 5.89 Å². The molecule has 1 saturated heterocycles. The van der Waals surface area contributed by atoms with Gasteiger partial charge in [-0.1, -0.05) is 5.16 Å². The molecule has 1 aliphatic rings. The predicted molar refractivity (Wildman–Crippen MR) is 68.6 cm³/mol. The summed E-state index contributed by atoms with van der Waals surface area (Å²) >= 11 is 0. The summed E-state index contributed by atoms with van der Waals surface area (Å²) in [5.74, 6) is 1.40. The van der Waals surface area contributed by atoms with Gasteiger partial charge in [0.1, 0.15) is 0 Å². The van der Waals surface area contributed by atoms with Gasteiger partial charge in [0, 0.05) is 32.0 Å². The largest absolute Gasteiger partial charge is 0.381 e. The van der Waals surface area contributed by atoms with Crippen LogP contribution in [0, 0.1) is 0 Å². The zero-order chi connectivity index (χ0) is 13.7. The second-order valence-corrected chi connectivity index (χ2v) is 6.75. The maximum atomic E-state index is 11.5. The van der Waals surface area contributed by atoms with Crippen molar-refractivity contribution in [2.45, 2.75) is 25.8 Å². The molecule has 0 bridgehead atoms. The average Bonchev–Trinajstić information content (AvgIpc) is 2.76. The van der Waals surface area contributed by atoms with E-state index in [-0.39, 0.29) is 17.5 Å². The van der Waals surface area contributed by atoms with E-state index >= 15 is 0 Å². The summed E-state index contributed by atoms with van der Waals surface area (Å²) in [7, 11) is -2.94. The van der Waals surface area contributed by atoms with E-state index in [0.29, 0.717) is 44.3 Å². The first kappa shape index (κ1) is 14.4. The number of sulfone groups is 1. The molecule has 1 aromatic rings. The minimum atomic E-state index is -2.94. The Morgan fingerprint density at radius 2 is 2.37 bits per heavy atom. The minimum Gasteiger partial charge on any atom is -0.381 e. The van der Waals surface area contributed by atoms with Gasteiger partial charge in [0.05, 0.1) is 18.1 Å². The van der Waals surface area contributed by atoms with Crippen molar-refractivity contribution in [1.82, 2.24) is 15.5 Å². The highest BCUT2D eigenvalue weighted by Crippen LogP contribution is 2.08. The maximum absolute atomic E-state index is 11.5. The van der Waals surface area contributed by atoms with Crippen LogP contribution >= 0.6 is 0 Å². The fourth-order valence-corrected chi connectivity index (χ4v) is 3.44. The fourth-order valence-electron chi connectivity index (χ4n) is 1.99. The number of rotatable bonds is 6. The van der Waals surface area contributed by atoms with E-state index in [1.807, 2.05) is 6.92 Å². The summed E-state index contributed by atoms with van der Waals surface area (Å²) in [5.41, 5.74) is 0. The van der Waals surface area contributed by atoms with Crippen LogP contribution in [0.5, 0.6) is 0 Å². The van der Waals surface area contributed by atoms with Crippen molar-refractivity contribution in [3.05, 3.63) is 11.7 Å². The van der Waals surface area contributed by atoms with Gasteiger partial charge in [-0.05, 0) is 6.92 Å². The Morgan fingerprint density at radius 3 is 3.11 bits per heavy atom. The predicted octanol–water partition coefficient (Wildman–Crippen LogP) is -0.422. The quantitative estimate of drug-likeness (QED) is 0.711. The summed E-state index contributed by atoms with van der Waals surface area (Å²) < 4.78 is 33.3. The Kier molecular flexibility index (Phi) is 4.89. The zero-order valence-corrected chi connectivity index (χ0v) is 11.8. The van der Waals surface area contributed by atoms with Crippen molar-refractivity contribution < 1.29 is 17.7 Å². The number of aromatic nitrogens is 2. The van der Waals surface area contributed by atoms with E-state index in [0.717, 1.165) is 0 Å². The topological polar surface area (TPSA) is 94.3 Å². The van der Waals surface area contributed by atoms with E-state index in [1.165, 1.54) is 0 Å². The molecule has 19 heavy (non-hydrogen) atoms. The summed E-state index contributed by atoms with van der Waals surface area (Å²) in [6.07, 6.45) is 1.05. The molecular formula is C11H19N3O4S. The molecule has 8 heteroatoms. The smallest absolute Gasteiger partial charge is 0.228 e. The highest BCUT2D eigenvalue weighted by atomic mass is 32.2. The van der Waals surface area contributed by atoms with Gasteiger partial charge in [-0.3, -0.25) is 0 Å². The summed E-state index contributed by atoms with van der Waals surface area (Å²) in [6.45, 7) is 3.63. The lowest BCUT2D eigenvalue weighted by molar-refractivity contribution is 0.149. The Bertz CT molecular complexity index is 500. The van der Waals surface area contributed by atoms with E-state index in [4.69, 9.17) is 9.26 Å². The van der Waals surface area contributed by atoms with Crippen LogP contribution in [0.2, 0.25) is 0 Å². The Hall–Kier alpha value is -0.990. The van der Waals surface area contributed by atoms with E-state index in [1.54, 1.807) is 0 Å². The van der Waals surface area contributed by atoms with Crippen molar-refractivity contribution >= 4 is 9.84 Å². The molecule has 2 rings (SSSR count). The lowest BCUT2D eigenvalue weighted by Gasteiger charge is -2.21. The van der Waals surface area contributed by atoms with E-state index in [2.05, 4.69) is 15.5 Å². The molecule has 1 N–H and O–H groups in total. The third-order valence-corrected chi connectivity index (χ3v) is 4.64. The van der Waals surface area contributed by atoms with Gasteiger partial charge in [-0.2, -0.15) is 4.98 Å². The number of nitrogens with one attached hydrogen (secondary N) is 1. The van der Waals surface area contributed by atoms with Crippen LogP contribution < -0.4 is 5.32 Å². The number of hydrogen-bond acceptors (Lipinski definition) is 7. The maximum Gasteiger partial charge on any atom is 0.228 e. The van der Waals surface area contributed by atoms with Crippen LogP contribution in [-0.4, -0.2) is 55.9 Å².